The molecule has 2 aliphatic heterocycles. The number of hydrogen-bond donors (Lipinski definition) is 0. The highest BCUT2D eigenvalue weighted by Gasteiger charge is 2.47. The minimum Gasteiger partial charge on any atom is -0.455 e. The van der Waals surface area contributed by atoms with Gasteiger partial charge in [0.15, 0.2) is 5.82 Å². The predicted molar refractivity (Wildman–Crippen MR) is 258 cm³/mol. The first kappa shape index (κ1) is 36.5. The third-order valence-electron chi connectivity index (χ3n) is 12.5. The van der Waals surface area contributed by atoms with Crippen LogP contribution in [0.4, 0.5) is 0 Å². The quantitative estimate of drug-likeness (QED) is 0.173. The van der Waals surface area contributed by atoms with Gasteiger partial charge in [0, 0.05) is 52.7 Å². The van der Waals surface area contributed by atoms with E-state index in [0.717, 1.165) is 87.5 Å². The maximum atomic E-state index is 6.90. The van der Waals surface area contributed by atoms with E-state index in [9.17, 15) is 0 Å². The molecule has 0 radical (unpaired) electrons. The molecule has 64 heavy (non-hydrogen) atoms. The Hall–Kier alpha value is -8.19. The van der Waals surface area contributed by atoms with Crippen LogP contribution in [0.2, 0.25) is 0 Å². The molecule has 0 amide bonds. The van der Waals surface area contributed by atoms with Gasteiger partial charge in [-0.1, -0.05) is 140 Å². The minimum atomic E-state index is -2.23. The Morgan fingerprint density at radius 3 is 1.44 bits per heavy atom. The topological polar surface area (TPSA) is 49.2 Å². The number of fused-ring (bicyclic) bond motifs is 11. The Morgan fingerprint density at radius 2 is 0.797 bits per heavy atom. The van der Waals surface area contributed by atoms with Crippen LogP contribution in [0, 0.1) is 0 Å². The molecule has 1 atom stereocenters. The van der Waals surface area contributed by atoms with Crippen molar-refractivity contribution in [1.29, 1.82) is 0 Å². The average Bonchev–Trinajstić information content (AvgIpc) is 3.71. The van der Waals surface area contributed by atoms with Crippen LogP contribution in [0.5, 0.6) is 23.0 Å². The summed E-state index contributed by atoms with van der Waals surface area (Å²) in [5.74, 6) is 4.02. The van der Waals surface area contributed by atoms with E-state index in [1.807, 2.05) is 24.3 Å². The number of rotatable bonds is 5. The third kappa shape index (κ3) is 5.59. The summed E-state index contributed by atoms with van der Waals surface area (Å²) in [5, 5.41) is 2.48. The maximum absolute atomic E-state index is 6.90. The van der Waals surface area contributed by atoms with Crippen LogP contribution in [0.25, 0.3) is 72.5 Å². The van der Waals surface area contributed by atoms with Gasteiger partial charge in [-0.05, 0) is 96.1 Å². The maximum Gasteiger partial charge on any atom is 0.160 e. The normalized spacial score (nSPS) is 15.6. The smallest absolute Gasteiger partial charge is 0.160 e. The van der Waals surface area contributed by atoms with Crippen LogP contribution in [-0.2, 0) is 0 Å². The van der Waals surface area contributed by atoms with E-state index in [2.05, 4.69) is 205 Å². The molecule has 0 bridgehead atoms. The molecule has 4 heterocycles. The summed E-state index contributed by atoms with van der Waals surface area (Å²) in [7, 11) is -2.23. The largest absolute Gasteiger partial charge is 0.455 e. The van der Waals surface area contributed by atoms with Crippen LogP contribution in [0.1, 0.15) is 0 Å². The van der Waals surface area contributed by atoms with Crippen molar-refractivity contribution in [2.75, 3.05) is 0 Å². The van der Waals surface area contributed by atoms with Crippen LogP contribution >= 0.6 is 10.0 Å². The zero-order chi connectivity index (χ0) is 42.2. The number of aromatic nitrogens is 3. The van der Waals surface area contributed by atoms with E-state index in [0.29, 0.717) is 5.82 Å². The van der Waals surface area contributed by atoms with Crippen molar-refractivity contribution < 1.29 is 9.47 Å². The summed E-state index contributed by atoms with van der Waals surface area (Å²) >= 11 is 0. The fourth-order valence-corrected chi connectivity index (χ4v) is 13.9. The Morgan fingerprint density at radius 1 is 0.328 bits per heavy atom. The van der Waals surface area contributed by atoms with Crippen molar-refractivity contribution in [2.45, 2.75) is 19.6 Å². The number of benzene rings is 9. The summed E-state index contributed by atoms with van der Waals surface area (Å²) < 4.78 is 16.2. The Balaban J connectivity index is 1.04. The standard InChI is InChI=1S/C58H37N3O2S/c1-3-16-38(17-4-1)46-37-47(60-58(59-46)39-18-5-2-6-19-39)42-31-33-53-57(36-42)64(55-29-14-12-27-51(55)63-53)54-28-13-11-26-50(54)62-52-32-30-41(35-56(52)64)40-20-15-21-43(34-40)61-48-24-9-7-22-44(48)45-23-8-10-25-49(45)61/h1-37H. The van der Waals surface area contributed by atoms with Gasteiger partial charge in [-0.15, -0.1) is 10.0 Å². The van der Waals surface area contributed by atoms with Gasteiger partial charge in [-0.3, -0.25) is 0 Å². The lowest BCUT2D eigenvalue weighted by molar-refractivity contribution is 0.440. The van der Waals surface area contributed by atoms with Crippen LogP contribution in [0.15, 0.2) is 244 Å². The average molecular weight is 840 g/mol. The second-order valence-electron chi connectivity index (χ2n) is 16.1. The molecule has 2 aliphatic rings. The summed E-state index contributed by atoms with van der Waals surface area (Å²) in [5.41, 5.74) is 10.4. The lowest BCUT2D eigenvalue weighted by atomic mass is 10.0. The van der Waals surface area contributed by atoms with E-state index in [1.54, 1.807) is 0 Å². The molecular formula is C58H37N3O2S. The molecule has 1 spiro atoms. The van der Waals surface area contributed by atoms with E-state index in [1.165, 1.54) is 21.8 Å². The molecule has 5 nitrogen and oxygen atoms in total. The van der Waals surface area contributed by atoms with Crippen molar-refractivity contribution in [3.63, 3.8) is 0 Å². The second-order valence-corrected chi connectivity index (χ2v) is 19.1. The molecule has 13 rings (SSSR count). The molecular weight excluding hydrogens is 803 g/mol. The van der Waals surface area contributed by atoms with E-state index < -0.39 is 10.0 Å². The number of ether oxygens (including phenoxy) is 2. The van der Waals surface area contributed by atoms with Gasteiger partial charge in [-0.25, -0.2) is 9.97 Å². The molecule has 11 aromatic rings. The van der Waals surface area contributed by atoms with Gasteiger partial charge < -0.3 is 14.0 Å². The molecule has 0 saturated heterocycles. The first-order chi connectivity index (χ1) is 31.7. The monoisotopic (exact) mass is 839 g/mol. The van der Waals surface area contributed by atoms with Gasteiger partial charge in [0.2, 0.25) is 0 Å². The second kappa shape index (κ2) is 14.4. The Kier molecular flexibility index (Phi) is 8.23. The van der Waals surface area contributed by atoms with Crippen LogP contribution in [0.3, 0.4) is 0 Å². The first-order valence-electron chi connectivity index (χ1n) is 21.5. The molecule has 9 aromatic carbocycles. The fourth-order valence-electron chi connectivity index (χ4n) is 9.62. The SMILES string of the molecule is c1ccc(-c2cc(-c3ccc4c(c3)S3(c5ccccc5Oc5ccc(-c6cccc(-n7c8ccccc8c8ccccc87)c6)cc53)c3ccccc3O4)nc(-c3ccccc3)n2)cc1. The van der Waals surface area contributed by atoms with Gasteiger partial charge >= 0.3 is 0 Å². The minimum absolute atomic E-state index is 0.674. The molecule has 2 aromatic heterocycles. The first-order valence-corrected chi connectivity index (χ1v) is 23.1. The van der Waals surface area contributed by atoms with Gasteiger partial charge in [0.1, 0.15) is 23.0 Å². The van der Waals surface area contributed by atoms with Crippen molar-refractivity contribution in [2.24, 2.45) is 0 Å². The summed E-state index contributed by atoms with van der Waals surface area (Å²) in [6, 6.07) is 79.3. The number of nitrogens with zero attached hydrogens (tertiary/aromatic N) is 3. The van der Waals surface area contributed by atoms with Gasteiger partial charge in [0.25, 0.3) is 0 Å². The van der Waals surface area contributed by atoms with Crippen molar-refractivity contribution >= 4 is 31.8 Å². The van der Waals surface area contributed by atoms with E-state index in [-0.39, 0.29) is 0 Å². The van der Waals surface area contributed by atoms with Crippen LogP contribution < -0.4 is 9.47 Å². The molecule has 1 unspecified atom stereocenters. The summed E-state index contributed by atoms with van der Waals surface area (Å²) in [6.45, 7) is 0. The molecule has 0 saturated carbocycles. The molecule has 302 valence electrons. The fraction of sp³-hybridized carbons (Fsp3) is 0. The number of para-hydroxylation sites is 4. The summed E-state index contributed by atoms with van der Waals surface area (Å²) in [4.78, 5) is 14.8. The zero-order valence-electron chi connectivity index (χ0n) is 34.4. The van der Waals surface area contributed by atoms with Gasteiger partial charge in [-0.2, -0.15) is 0 Å². The van der Waals surface area contributed by atoms with Crippen molar-refractivity contribution in [3.8, 4) is 73.7 Å². The van der Waals surface area contributed by atoms with Crippen molar-refractivity contribution in [1.82, 2.24) is 14.5 Å². The third-order valence-corrected chi connectivity index (χ3v) is 16.4. The Bertz CT molecular complexity index is 3490. The Labute approximate surface area is 371 Å². The van der Waals surface area contributed by atoms with E-state index in [4.69, 9.17) is 19.4 Å². The predicted octanol–water partition coefficient (Wildman–Crippen LogP) is 15.8. The summed E-state index contributed by atoms with van der Waals surface area (Å²) in [6.07, 6.45) is 0. The van der Waals surface area contributed by atoms with E-state index >= 15 is 0 Å². The van der Waals surface area contributed by atoms with Crippen molar-refractivity contribution in [3.05, 3.63) is 224 Å². The van der Waals surface area contributed by atoms with Gasteiger partial charge in [0.05, 0.1) is 22.4 Å². The molecule has 0 N–H and O–H groups in total. The number of hydrogen-bond acceptors (Lipinski definition) is 4. The molecule has 0 aliphatic carbocycles. The van der Waals surface area contributed by atoms with Crippen LogP contribution in [-0.4, -0.2) is 14.5 Å². The highest BCUT2D eigenvalue weighted by Crippen LogP contribution is 2.83. The highest BCUT2D eigenvalue weighted by atomic mass is 32.3. The lowest BCUT2D eigenvalue weighted by Crippen LogP contribution is -2.16. The zero-order valence-corrected chi connectivity index (χ0v) is 35.2. The molecule has 6 heteroatoms. The molecule has 0 fully saturated rings. The lowest BCUT2D eigenvalue weighted by Gasteiger charge is -2.48. The highest BCUT2D eigenvalue weighted by molar-refractivity contribution is 8.34.